The Morgan fingerprint density at radius 3 is 2.80 bits per heavy atom. The summed E-state index contributed by atoms with van der Waals surface area (Å²) in [4.78, 5) is 0. The Balaban J connectivity index is 1.82. The van der Waals surface area contributed by atoms with Crippen LogP contribution in [-0.2, 0) is 6.54 Å². The van der Waals surface area contributed by atoms with E-state index >= 15 is 0 Å². The number of rotatable bonds is 5. The van der Waals surface area contributed by atoms with Gasteiger partial charge in [0.25, 0.3) is 0 Å². The zero-order valence-electron chi connectivity index (χ0n) is 10.8. The van der Waals surface area contributed by atoms with Crippen LogP contribution in [0.1, 0.15) is 5.56 Å². The molecule has 1 fully saturated rings. The van der Waals surface area contributed by atoms with E-state index in [-0.39, 0.29) is 17.8 Å². The summed E-state index contributed by atoms with van der Waals surface area (Å²) in [5, 5.41) is 15.8. The molecular formula is C13H17F3N2O2. The number of hydrogen-bond donors (Lipinski definition) is 3. The molecule has 1 aliphatic heterocycles. The zero-order chi connectivity index (χ0) is 14.6. The summed E-state index contributed by atoms with van der Waals surface area (Å²) in [5.41, 5.74) is 0.701. The van der Waals surface area contributed by atoms with Crippen LogP contribution in [0.5, 0.6) is 5.75 Å². The summed E-state index contributed by atoms with van der Waals surface area (Å²) in [7, 11) is 0. The third kappa shape index (κ3) is 4.66. The van der Waals surface area contributed by atoms with E-state index in [0.29, 0.717) is 25.2 Å². The average Bonchev–Trinajstić information content (AvgIpc) is 2.73. The topological polar surface area (TPSA) is 53.5 Å². The molecule has 112 valence electrons. The van der Waals surface area contributed by atoms with Gasteiger partial charge in [0.1, 0.15) is 5.75 Å². The molecule has 0 saturated carbocycles. The minimum absolute atomic E-state index is 0.129. The Kier molecular flexibility index (Phi) is 4.85. The molecule has 0 bridgehead atoms. The average molecular weight is 290 g/mol. The molecule has 1 aliphatic rings. The fourth-order valence-electron chi connectivity index (χ4n) is 2.18. The van der Waals surface area contributed by atoms with Crippen LogP contribution in [0.15, 0.2) is 24.3 Å². The highest BCUT2D eigenvalue weighted by Gasteiger charge is 2.31. The highest BCUT2D eigenvalue weighted by atomic mass is 19.4. The highest BCUT2D eigenvalue weighted by molar-refractivity contribution is 5.28. The van der Waals surface area contributed by atoms with Gasteiger partial charge in [-0.2, -0.15) is 0 Å². The predicted molar refractivity (Wildman–Crippen MR) is 67.2 cm³/mol. The van der Waals surface area contributed by atoms with Gasteiger partial charge in [-0.15, -0.1) is 13.2 Å². The van der Waals surface area contributed by atoms with Gasteiger partial charge in [-0.05, 0) is 17.7 Å². The lowest BCUT2D eigenvalue weighted by Crippen LogP contribution is -2.30. The summed E-state index contributed by atoms with van der Waals surface area (Å²) in [5.74, 6) is -0.0935. The van der Waals surface area contributed by atoms with E-state index in [9.17, 15) is 18.3 Å². The number of β-amino-alcohol motifs (C(OH)–C–C–N with tert-alkyl or cyclic N) is 1. The van der Waals surface area contributed by atoms with Crippen LogP contribution in [0.3, 0.4) is 0 Å². The van der Waals surface area contributed by atoms with Gasteiger partial charge in [0.15, 0.2) is 0 Å². The van der Waals surface area contributed by atoms with Crippen LogP contribution in [0.25, 0.3) is 0 Å². The molecule has 0 amide bonds. The van der Waals surface area contributed by atoms with Crippen molar-refractivity contribution in [3.05, 3.63) is 29.8 Å². The highest BCUT2D eigenvalue weighted by Crippen LogP contribution is 2.23. The third-order valence-electron chi connectivity index (χ3n) is 3.17. The van der Waals surface area contributed by atoms with Crippen molar-refractivity contribution in [3.63, 3.8) is 0 Å². The molecule has 0 spiro atoms. The summed E-state index contributed by atoms with van der Waals surface area (Å²) in [6.07, 6.45) is -5.05. The molecule has 1 heterocycles. The van der Waals surface area contributed by atoms with Crippen molar-refractivity contribution in [1.82, 2.24) is 10.6 Å². The molecule has 2 unspecified atom stereocenters. The molecule has 0 radical (unpaired) electrons. The standard InChI is InChI=1S/C13H17F3N2O2/c14-13(15,16)20-11-3-1-2-9(4-11)5-17-6-10-7-18-8-12(10)19/h1-4,10,12,17-19H,5-8H2. The van der Waals surface area contributed by atoms with E-state index in [1.807, 2.05) is 0 Å². The fourth-order valence-corrected chi connectivity index (χ4v) is 2.18. The van der Waals surface area contributed by atoms with Crippen LogP contribution < -0.4 is 15.4 Å². The predicted octanol–water partition coefficient (Wildman–Crippen LogP) is 1.26. The van der Waals surface area contributed by atoms with Gasteiger partial charge in [0.2, 0.25) is 0 Å². The fraction of sp³-hybridized carbons (Fsp3) is 0.538. The quantitative estimate of drug-likeness (QED) is 0.764. The molecule has 3 N–H and O–H groups in total. The maximum Gasteiger partial charge on any atom is 0.573 e. The maximum atomic E-state index is 12.1. The van der Waals surface area contributed by atoms with Crippen LogP contribution in [0.2, 0.25) is 0 Å². The number of ether oxygens (including phenoxy) is 1. The molecule has 2 atom stereocenters. The van der Waals surface area contributed by atoms with Crippen molar-refractivity contribution in [3.8, 4) is 5.75 Å². The lowest BCUT2D eigenvalue weighted by Gasteiger charge is -2.14. The van der Waals surface area contributed by atoms with Gasteiger partial charge < -0.3 is 20.5 Å². The molecule has 2 rings (SSSR count). The van der Waals surface area contributed by atoms with E-state index < -0.39 is 6.36 Å². The number of halogens is 3. The van der Waals surface area contributed by atoms with Crippen LogP contribution in [0.4, 0.5) is 13.2 Å². The molecule has 20 heavy (non-hydrogen) atoms. The first-order valence-electron chi connectivity index (χ1n) is 6.38. The van der Waals surface area contributed by atoms with Crippen LogP contribution in [0, 0.1) is 5.92 Å². The molecule has 0 aromatic heterocycles. The van der Waals surface area contributed by atoms with Gasteiger partial charge in [-0.1, -0.05) is 12.1 Å². The lowest BCUT2D eigenvalue weighted by atomic mass is 10.1. The minimum Gasteiger partial charge on any atom is -0.406 e. The zero-order valence-corrected chi connectivity index (χ0v) is 10.8. The first kappa shape index (κ1) is 15.1. The Labute approximate surface area is 114 Å². The summed E-state index contributed by atoms with van der Waals surface area (Å²) in [6, 6.07) is 5.86. The van der Waals surface area contributed by atoms with Crippen molar-refractivity contribution >= 4 is 0 Å². The lowest BCUT2D eigenvalue weighted by molar-refractivity contribution is -0.274. The van der Waals surface area contributed by atoms with E-state index in [4.69, 9.17) is 0 Å². The van der Waals surface area contributed by atoms with E-state index in [0.717, 1.165) is 6.54 Å². The first-order valence-corrected chi connectivity index (χ1v) is 6.38. The Morgan fingerprint density at radius 1 is 1.35 bits per heavy atom. The van der Waals surface area contributed by atoms with Gasteiger partial charge in [0, 0.05) is 32.1 Å². The number of benzene rings is 1. The van der Waals surface area contributed by atoms with E-state index in [1.165, 1.54) is 18.2 Å². The molecule has 1 saturated heterocycles. The van der Waals surface area contributed by atoms with Gasteiger partial charge in [0.05, 0.1) is 6.10 Å². The largest absolute Gasteiger partial charge is 0.573 e. The van der Waals surface area contributed by atoms with Gasteiger partial charge in [-0.25, -0.2) is 0 Å². The Bertz CT molecular complexity index is 440. The summed E-state index contributed by atoms with van der Waals surface area (Å²) >= 11 is 0. The second-order valence-corrected chi connectivity index (χ2v) is 4.81. The van der Waals surface area contributed by atoms with Gasteiger partial charge >= 0.3 is 6.36 Å². The van der Waals surface area contributed by atoms with Crippen molar-refractivity contribution in [2.24, 2.45) is 5.92 Å². The second kappa shape index (κ2) is 6.43. The number of aliphatic hydroxyl groups excluding tert-OH is 1. The van der Waals surface area contributed by atoms with E-state index in [1.54, 1.807) is 6.07 Å². The Morgan fingerprint density at radius 2 is 2.15 bits per heavy atom. The van der Waals surface area contributed by atoms with Crippen LogP contribution in [-0.4, -0.2) is 37.2 Å². The molecule has 4 nitrogen and oxygen atoms in total. The van der Waals surface area contributed by atoms with Crippen molar-refractivity contribution in [1.29, 1.82) is 0 Å². The van der Waals surface area contributed by atoms with Gasteiger partial charge in [-0.3, -0.25) is 0 Å². The van der Waals surface area contributed by atoms with Crippen molar-refractivity contribution < 1.29 is 23.0 Å². The SMILES string of the molecule is OC1CNCC1CNCc1cccc(OC(F)(F)F)c1. The molecule has 0 aliphatic carbocycles. The maximum absolute atomic E-state index is 12.1. The number of hydrogen-bond acceptors (Lipinski definition) is 4. The normalized spacial score (nSPS) is 23.0. The first-order chi connectivity index (χ1) is 9.44. The number of aliphatic hydroxyl groups is 1. The summed E-state index contributed by atoms with van der Waals surface area (Å²) < 4.78 is 40.2. The third-order valence-corrected chi connectivity index (χ3v) is 3.17. The monoisotopic (exact) mass is 290 g/mol. The molecular weight excluding hydrogens is 273 g/mol. The second-order valence-electron chi connectivity index (χ2n) is 4.81. The molecule has 1 aromatic carbocycles. The van der Waals surface area contributed by atoms with Crippen LogP contribution >= 0.6 is 0 Å². The smallest absolute Gasteiger partial charge is 0.406 e. The number of alkyl halides is 3. The van der Waals surface area contributed by atoms with Crippen molar-refractivity contribution in [2.45, 2.75) is 19.0 Å². The summed E-state index contributed by atoms with van der Waals surface area (Å²) in [6.45, 7) is 2.36. The Hall–Kier alpha value is -1.31. The van der Waals surface area contributed by atoms with E-state index in [2.05, 4.69) is 15.4 Å². The molecule has 1 aromatic rings. The molecule has 7 heteroatoms. The number of nitrogens with one attached hydrogen (secondary N) is 2. The van der Waals surface area contributed by atoms with Crippen molar-refractivity contribution in [2.75, 3.05) is 19.6 Å². The minimum atomic E-state index is -4.67.